The van der Waals surface area contributed by atoms with Crippen LogP contribution in [0.2, 0.25) is 0 Å². The molecule has 0 radical (unpaired) electrons. The van der Waals surface area contributed by atoms with Gasteiger partial charge in [0.25, 0.3) is 0 Å². The molecule has 0 saturated heterocycles. The number of aryl methyl sites for hydroxylation is 2. The van der Waals surface area contributed by atoms with E-state index in [1.165, 1.54) is 39.4 Å². The van der Waals surface area contributed by atoms with Crippen LogP contribution in [0.1, 0.15) is 29.2 Å². The molecule has 2 aromatic carbocycles. The maximum atomic E-state index is 3.72. The van der Waals surface area contributed by atoms with Crippen LogP contribution in [0.25, 0.3) is 0 Å². The Balaban J connectivity index is 1.88. The van der Waals surface area contributed by atoms with Crippen molar-refractivity contribution >= 4 is 17.4 Å². The van der Waals surface area contributed by atoms with Crippen LogP contribution in [-0.4, -0.2) is 5.75 Å². The van der Waals surface area contributed by atoms with Crippen molar-refractivity contribution in [3.05, 3.63) is 59.2 Å². The zero-order valence-corrected chi connectivity index (χ0v) is 12.3. The van der Waals surface area contributed by atoms with Crippen LogP contribution in [0.4, 0.5) is 5.69 Å². The first-order chi connectivity index (χ1) is 9.24. The molecule has 1 atom stereocenters. The van der Waals surface area contributed by atoms with Gasteiger partial charge < -0.3 is 5.32 Å². The van der Waals surface area contributed by atoms with Crippen LogP contribution in [0.15, 0.2) is 47.4 Å². The maximum Gasteiger partial charge on any atom is 0.0532 e. The predicted molar refractivity (Wildman–Crippen MR) is 84.1 cm³/mol. The van der Waals surface area contributed by atoms with Gasteiger partial charge in [-0.15, -0.1) is 11.8 Å². The molecule has 0 bridgehead atoms. The third-order valence-electron chi connectivity index (χ3n) is 3.67. The van der Waals surface area contributed by atoms with E-state index < -0.39 is 0 Å². The van der Waals surface area contributed by atoms with Gasteiger partial charge in [0.1, 0.15) is 0 Å². The van der Waals surface area contributed by atoms with Crippen LogP contribution in [0.3, 0.4) is 0 Å². The standard InChI is InChI=1S/C17H19NS/c1-12-7-8-15(13(2)11-12)18-16-9-10-19-17-6-4-3-5-14(16)17/h3-8,11,16,18H,9-10H2,1-2H3. The number of nitrogens with one attached hydrogen (secondary N) is 1. The van der Waals surface area contributed by atoms with Crippen molar-refractivity contribution in [3.8, 4) is 0 Å². The monoisotopic (exact) mass is 269 g/mol. The molecule has 0 spiro atoms. The lowest BCUT2D eigenvalue weighted by Gasteiger charge is -2.27. The fourth-order valence-electron chi connectivity index (χ4n) is 2.66. The van der Waals surface area contributed by atoms with E-state index in [-0.39, 0.29) is 0 Å². The molecule has 0 aromatic heterocycles. The Morgan fingerprint density at radius 3 is 2.79 bits per heavy atom. The molecule has 1 unspecified atom stereocenters. The average molecular weight is 269 g/mol. The fraction of sp³-hybridized carbons (Fsp3) is 0.294. The summed E-state index contributed by atoms with van der Waals surface area (Å²) in [6, 6.07) is 15.8. The SMILES string of the molecule is Cc1ccc(NC2CCSc3ccccc32)c(C)c1. The van der Waals surface area contributed by atoms with Crippen LogP contribution in [0.5, 0.6) is 0 Å². The highest BCUT2D eigenvalue weighted by molar-refractivity contribution is 7.99. The second-order valence-electron chi connectivity index (χ2n) is 5.19. The minimum atomic E-state index is 0.443. The summed E-state index contributed by atoms with van der Waals surface area (Å²) >= 11 is 1.97. The van der Waals surface area contributed by atoms with Gasteiger partial charge >= 0.3 is 0 Å². The first kappa shape index (κ1) is 12.6. The summed E-state index contributed by atoms with van der Waals surface area (Å²) in [5, 5.41) is 3.72. The largest absolute Gasteiger partial charge is 0.378 e. The van der Waals surface area contributed by atoms with E-state index >= 15 is 0 Å². The van der Waals surface area contributed by atoms with Gasteiger partial charge in [0.15, 0.2) is 0 Å². The summed E-state index contributed by atoms with van der Waals surface area (Å²) < 4.78 is 0. The van der Waals surface area contributed by atoms with Crippen LogP contribution >= 0.6 is 11.8 Å². The Kier molecular flexibility index (Phi) is 3.52. The van der Waals surface area contributed by atoms with Crippen molar-refractivity contribution in [2.75, 3.05) is 11.1 Å². The van der Waals surface area contributed by atoms with E-state index in [1.807, 2.05) is 11.8 Å². The van der Waals surface area contributed by atoms with Gasteiger partial charge in [-0.2, -0.15) is 0 Å². The molecule has 98 valence electrons. The fourth-order valence-corrected chi connectivity index (χ4v) is 3.78. The van der Waals surface area contributed by atoms with Gasteiger partial charge in [0.2, 0.25) is 0 Å². The number of anilines is 1. The molecule has 0 amide bonds. The van der Waals surface area contributed by atoms with Crippen molar-refractivity contribution in [1.29, 1.82) is 0 Å². The number of rotatable bonds is 2. The normalized spacial score (nSPS) is 17.9. The summed E-state index contributed by atoms with van der Waals surface area (Å²) in [5.74, 6) is 1.19. The number of fused-ring (bicyclic) bond motifs is 1. The van der Waals surface area contributed by atoms with E-state index in [9.17, 15) is 0 Å². The summed E-state index contributed by atoms with van der Waals surface area (Å²) in [4.78, 5) is 1.43. The number of hydrogen-bond acceptors (Lipinski definition) is 2. The molecule has 2 aromatic rings. The molecular weight excluding hydrogens is 250 g/mol. The molecule has 1 aliphatic heterocycles. The second kappa shape index (κ2) is 5.30. The third kappa shape index (κ3) is 2.64. The molecule has 0 aliphatic carbocycles. The Hall–Kier alpha value is -1.41. The molecule has 1 heterocycles. The first-order valence-corrected chi connectivity index (χ1v) is 7.78. The van der Waals surface area contributed by atoms with Crippen LogP contribution < -0.4 is 5.32 Å². The van der Waals surface area contributed by atoms with Gasteiger partial charge in [-0.05, 0) is 43.5 Å². The van der Waals surface area contributed by atoms with Crippen LogP contribution in [-0.2, 0) is 0 Å². The van der Waals surface area contributed by atoms with Gasteiger partial charge in [-0.1, -0.05) is 35.9 Å². The smallest absolute Gasteiger partial charge is 0.0532 e. The summed E-state index contributed by atoms with van der Waals surface area (Å²) in [7, 11) is 0. The van der Waals surface area contributed by atoms with Crippen molar-refractivity contribution in [2.24, 2.45) is 0 Å². The Morgan fingerprint density at radius 2 is 1.95 bits per heavy atom. The first-order valence-electron chi connectivity index (χ1n) is 6.79. The number of hydrogen-bond donors (Lipinski definition) is 1. The highest BCUT2D eigenvalue weighted by Gasteiger charge is 2.20. The predicted octanol–water partition coefficient (Wildman–Crippen LogP) is 4.95. The molecule has 2 heteroatoms. The van der Waals surface area contributed by atoms with E-state index in [0.29, 0.717) is 6.04 Å². The van der Waals surface area contributed by atoms with Gasteiger partial charge in [0.05, 0.1) is 6.04 Å². The van der Waals surface area contributed by atoms with Crippen molar-refractivity contribution < 1.29 is 0 Å². The number of benzene rings is 2. The molecule has 19 heavy (non-hydrogen) atoms. The Labute approximate surface area is 119 Å². The third-order valence-corrected chi connectivity index (χ3v) is 4.79. The summed E-state index contributed by atoms with van der Waals surface area (Å²) in [6.45, 7) is 4.32. The highest BCUT2D eigenvalue weighted by atomic mass is 32.2. The molecule has 1 aliphatic rings. The minimum Gasteiger partial charge on any atom is -0.378 e. The van der Waals surface area contributed by atoms with Gasteiger partial charge in [0, 0.05) is 16.3 Å². The molecule has 0 saturated carbocycles. The van der Waals surface area contributed by atoms with E-state index in [2.05, 4.69) is 61.6 Å². The van der Waals surface area contributed by atoms with Gasteiger partial charge in [-0.3, -0.25) is 0 Å². The molecule has 3 rings (SSSR count). The van der Waals surface area contributed by atoms with Crippen molar-refractivity contribution in [3.63, 3.8) is 0 Å². The van der Waals surface area contributed by atoms with Gasteiger partial charge in [-0.25, -0.2) is 0 Å². The minimum absolute atomic E-state index is 0.443. The van der Waals surface area contributed by atoms with E-state index in [1.54, 1.807) is 0 Å². The number of thioether (sulfide) groups is 1. The maximum absolute atomic E-state index is 3.72. The zero-order valence-electron chi connectivity index (χ0n) is 11.4. The quantitative estimate of drug-likeness (QED) is 0.827. The molecule has 1 N–H and O–H groups in total. The van der Waals surface area contributed by atoms with E-state index in [4.69, 9.17) is 0 Å². The molecular formula is C17H19NS. The van der Waals surface area contributed by atoms with Crippen molar-refractivity contribution in [1.82, 2.24) is 0 Å². The van der Waals surface area contributed by atoms with Crippen LogP contribution in [0, 0.1) is 13.8 Å². The van der Waals surface area contributed by atoms with E-state index in [0.717, 1.165) is 0 Å². The lowest BCUT2D eigenvalue weighted by Crippen LogP contribution is -2.16. The Morgan fingerprint density at radius 1 is 1.11 bits per heavy atom. The zero-order chi connectivity index (χ0) is 13.2. The second-order valence-corrected chi connectivity index (χ2v) is 6.33. The Bertz CT molecular complexity index is 592. The lowest BCUT2D eigenvalue weighted by molar-refractivity contribution is 0.728. The summed E-state index contributed by atoms with van der Waals surface area (Å²) in [6.07, 6.45) is 1.19. The average Bonchev–Trinajstić information content (AvgIpc) is 2.42. The highest BCUT2D eigenvalue weighted by Crippen LogP contribution is 2.38. The molecule has 0 fully saturated rings. The summed E-state index contributed by atoms with van der Waals surface area (Å²) in [5.41, 5.74) is 5.36. The topological polar surface area (TPSA) is 12.0 Å². The van der Waals surface area contributed by atoms with Crippen molar-refractivity contribution in [2.45, 2.75) is 31.2 Å². The lowest BCUT2D eigenvalue weighted by atomic mass is 10.0. The molecule has 1 nitrogen and oxygen atoms in total.